The topological polar surface area (TPSA) is 109 Å². The van der Waals surface area contributed by atoms with Crippen LogP contribution in [-0.4, -0.2) is 38.0 Å². The molecule has 0 fully saturated rings. The van der Waals surface area contributed by atoms with Crippen LogP contribution in [0.25, 0.3) is 16.8 Å². The van der Waals surface area contributed by atoms with Gasteiger partial charge >= 0.3 is 0 Å². The van der Waals surface area contributed by atoms with Crippen molar-refractivity contribution in [1.82, 2.24) is 29.5 Å². The molecule has 140 valence electrons. The van der Waals surface area contributed by atoms with Crippen LogP contribution in [0.5, 0.6) is 0 Å². The maximum absolute atomic E-state index is 13.4. The highest BCUT2D eigenvalue weighted by molar-refractivity contribution is 7.91. The molecule has 0 saturated carbocycles. The fourth-order valence-corrected chi connectivity index (χ4v) is 4.93. The molecule has 0 bridgehead atoms. The summed E-state index contributed by atoms with van der Waals surface area (Å²) in [5.41, 5.74) is 3.10. The normalized spacial score (nSPS) is 12.2. The highest BCUT2D eigenvalue weighted by Crippen LogP contribution is 2.28. The van der Waals surface area contributed by atoms with Gasteiger partial charge in [-0.1, -0.05) is 18.2 Å². The van der Waals surface area contributed by atoms with Crippen LogP contribution in [0.2, 0.25) is 0 Å². The van der Waals surface area contributed by atoms with Crippen molar-refractivity contribution >= 4 is 26.6 Å². The molecule has 0 atom stereocenters. The van der Waals surface area contributed by atoms with Crippen molar-refractivity contribution in [1.29, 1.82) is 0 Å². The Morgan fingerprint density at radius 1 is 1.07 bits per heavy atom. The first-order chi connectivity index (χ1) is 13.6. The van der Waals surface area contributed by atoms with Crippen molar-refractivity contribution in [2.24, 2.45) is 0 Å². The summed E-state index contributed by atoms with van der Waals surface area (Å²) in [6.45, 7) is 1.76. The van der Waals surface area contributed by atoms with Gasteiger partial charge in [-0.3, -0.25) is 4.40 Å². The lowest BCUT2D eigenvalue weighted by molar-refractivity contribution is 0.592. The van der Waals surface area contributed by atoms with E-state index in [1.54, 1.807) is 41.8 Å². The second-order valence-electron chi connectivity index (χ2n) is 6.57. The van der Waals surface area contributed by atoms with Gasteiger partial charge in [-0.2, -0.15) is 0 Å². The van der Waals surface area contributed by atoms with Gasteiger partial charge in [0.25, 0.3) is 0 Å². The highest BCUT2D eigenvalue weighted by atomic mass is 32.2. The molecule has 2 N–H and O–H groups in total. The third-order valence-corrected chi connectivity index (χ3v) is 6.56. The van der Waals surface area contributed by atoms with Gasteiger partial charge in [-0.25, -0.2) is 13.4 Å². The number of benzene rings is 1. The predicted molar refractivity (Wildman–Crippen MR) is 103 cm³/mol. The molecule has 0 amide bonds. The number of aromatic amines is 2. The van der Waals surface area contributed by atoms with Gasteiger partial charge in [0.2, 0.25) is 14.9 Å². The number of fused-ring (bicyclic) bond motifs is 3. The Kier molecular flexibility index (Phi) is 3.59. The Hall–Kier alpha value is -3.46. The molecule has 4 aromatic heterocycles. The first-order valence-electron chi connectivity index (χ1n) is 8.69. The Morgan fingerprint density at radius 3 is 2.71 bits per heavy atom. The zero-order valence-electron chi connectivity index (χ0n) is 14.9. The van der Waals surface area contributed by atoms with Crippen molar-refractivity contribution < 1.29 is 8.42 Å². The molecule has 0 spiro atoms. The quantitative estimate of drug-likeness (QED) is 0.489. The van der Waals surface area contributed by atoms with E-state index < -0.39 is 9.84 Å². The van der Waals surface area contributed by atoms with Gasteiger partial charge in [0.1, 0.15) is 5.82 Å². The average molecular weight is 392 g/mol. The second kappa shape index (κ2) is 6.03. The average Bonchev–Trinajstić information content (AvgIpc) is 3.42. The third kappa shape index (κ3) is 2.43. The SMILES string of the molecule is Cc1ccccc1S(=O)(=O)c1nc2[nH]ccc2n2c(Cc3cc[nH]c3)nnc12. The van der Waals surface area contributed by atoms with E-state index in [2.05, 4.69) is 25.1 Å². The number of rotatable bonds is 4. The van der Waals surface area contributed by atoms with E-state index in [1.807, 2.05) is 24.5 Å². The number of aryl methyl sites for hydroxylation is 1. The first kappa shape index (κ1) is 16.7. The van der Waals surface area contributed by atoms with Gasteiger partial charge in [0.05, 0.1) is 10.4 Å². The standard InChI is InChI=1S/C19H16N6O2S/c1-12-4-2-3-5-15(12)28(26,27)19-18-24-23-16(10-13-6-8-20-11-13)25(18)14-7-9-21-17(14)22-19/h2-9,11,20-21H,10H2,1H3. The third-order valence-electron chi connectivity index (χ3n) is 4.74. The summed E-state index contributed by atoms with van der Waals surface area (Å²) in [6.07, 6.45) is 5.95. The molecule has 28 heavy (non-hydrogen) atoms. The number of nitrogens with one attached hydrogen (secondary N) is 2. The number of hydrogen-bond acceptors (Lipinski definition) is 5. The number of sulfone groups is 1. The summed E-state index contributed by atoms with van der Waals surface area (Å²) in [5, 5.41) is 8.36. The number of nitrogens with zero attached hydrogens (tertiary/aromatic N) is 4. The molecule has 0 unspecified atom stereocenters. The minimum absolute atomic E-state index is 0.107. The molecule has 1 aromatic carbocycles. The molecule has 0 saturated heterocycles. The minimum atomic E-state index is -3.87. The van der Waals surface area contributed by atoms with Gasteiger partial charge in [0, 0.05) is 25.0 Å². The molecule has 0 aliphatic carbocycles. The summed E-state index contributed by atoms with van der Waals surface area (Å²) in [4.78, 5) is 10.6. The zero-order chi connectivity index (χ0) is 19.3. The van der Waals surface area contributed by atoms with Crippen LogP contribution in [0.15, 0.2) is 64.9 Å². The van der Waals surface area contributed by atoms with Gasteiger partial charge in [0.15, 0.2) is 11.3 Å². The number of aromatic nitrogens is 6. The molecule has 9 heteroatoms. The van der Waals surface area contributed by atoms with Crippen molar-refractivity contribution in [3.63, 3.8) is 0 Å². The van der Waals surface area contributed by atoms with E-state index in [9.17, 15) is 8.42 Å². The monoisotopic (exact) mass is 392 g/mol. The molecule has 5 aromatic rings. The fraction of sp³-hybridized carbons (Fsp3) is 0.105. The summed E-state index contributed by atoms with van der Waals surface area (Å²) in [5.74, 6) is 0.642. The van der Waals surface area contributed by atoms with Crippen LogP contribution in [0.4, 0.5) is 0 Å². The van der Waals surface area contributed by atoms with Crippen LogP contribution in [0.1, 0.15) is 17.0 Å². The minimum Gasteiger partial charge on any atom is -0.367 e. The lowest BCUT2D eigenvalue weighted by atomic mass is 10.2. The number of hydrogen-bond donors (Lipinski definition) is 2. The maximum Gasteiger partial charge on any atom is 0.228 e. The van der Waals surface area contributed by atoms with E-state index in [-0.39, 0.29) is 15.6 Å². The van der Waals surface area contributed by atoms with E-state index in [0.29, 0.717) is 23.5 Å². The molecule has 4 heterocycles. The van der Waals surface area contributed by atoms with Crippen molar-refractivity contribution in [2.45, 2.75) is 23.3 Å². The molecule has 5 rings (SSSR count). The molecule has 8 nitrogen and oxygen atoms in total. The van der Waals surface area contributed by atoms with Crippen LogP contribution in [0.3, 0.4) is 0 Å². The first-order valence-corrected chi connectivity index (χ1v) is 10.2. The largest absolute Gasteiger partial charge is 0.367 e. The molecular formula is C19H16N6O2S. The molecule has 0 radical (unpaired) electrons. The highest BCUT2D eigenvalue weighted by Gasteiger charge is 2.28. The van der Waals surface area contributed by atoms with E-state index in [1.165, 1.54) is 0 Å². The smallest absolute Gasteiger partial charge is 0.228 e. The van der Waals surface area contributed by atoms with Crippen molar-refractivity contribution in [3.8, 4) is 0 Å². The van der Waals surface area contributed by atoms with Crippen LogP contribution >= 0.6 is 0 Å². The zero-order valence-corrected chi connectivity index (χ0v) is 15.7. The Bertz CT molecular complexity index is 1410. The summed E-state index contributed by atoms with van der Waals surface area (Å²) < 4.78 is 28.6. The second-order valence-corrected chi connectivity index (χ2v) is 8.40. The fourth-order valence-electron chi connectivity index (χ4n) is 3.39. The summed E-state index contributed by atoms with van der Waals surface area (Å²) >= 11 is 0. The van der Waals surface area contributed by atoms with Crippen LogP contribution < -0.4 is 0 Å². The lowest BCUT2D eigenvalue weighted by Crippen LogP contribution is -2.10. The summed E-state index contributed by atoms with van der Waals surface area (Å²) in [7, 11) is -3.87. The molecular weight excluding hydrogens is 376 g/mol. The van der Waals surface area contributed by atoms with Crippen molar-refractivity contribution in [2.75, 3.05) is 0 Å². The Morgan fingerprint density at radius 2 is 1.93 bits per heavy atom. The van der Waals surface area contributed by atoms with Gasteiger partial charge in [-0.15, -0.1) is 10.2 Å². The molecule has 0 aliphatic heterocycles. The lowest BCUT2D eigenvalue weighted by Gasteiger charge is -2.09. The van der Waals surface area contributed by atoms with E-state index >= 15 is 0 Å². The predicted octanol–water partition coefficient (Wildman–Crippen LogP) is 2.67. The number of H-pyrrole nitrogens is 2. The Balaban J connectivity index is 1.80. The van der Waals surface area contributed by atoms with Gasteiger partial charge in [-0.05, 0) is 36.2 Å². The van der Waals surface area contributed by atoms with Crippen LogP contribution in [-0.2, 0) is 16.3 Å². The van der Waals surface area contributed by atoms with Crippen molar-refractivity contribution in [3.05, 3.63) is 71.9 Å². The summed E-state index contributed by atoms with van der Waals surface area (Å²) in [6, 6.07) is 10.6. The van der Waals surface area contributed by atoms with E-state index in [0.717, 1.165) is 11.1 Å². The van der Waals surface area contributed by atoms with E-state index in [4.69, 9.17) is 0 Å². The maximum atomic E-state index is 13.4. The Labute approximate surface area is 160 Å². The van der Waals surface area contributed by atoms with Gasteiger partial charge < -0.3 is 9.97 Å². The van der Waals surface area contributed by atoms with Crippen LogP contribution in [0, 0.1) is 6.92 Å². The molecule has 0 aliphatic rings.